The lowest BCUT2D eigenvalue weighted by molar-refractivity contribution is -0.137. The Morgan fingerprint density at radius 2 is 1.95 bits per heavy atom. The molecule has 0 aromatic heterocycles. The fourth-order valence-electron chi connectivity index (χ4n) is 2.60. The molecule has 1 fully saturated rings. The maximum atomic E-state index is 12.9. The van der Waals surface area contributed by atoms with Crippen LogP contribution in [-0.2, 0) is 6.18 Å². The molecule has 0 amide bonds. The maximum Gasteiger partial charge on any atom is 0.416 e. The van der Waals surface area contributed by atoms with Gasteiger partial charge in [0.2, 0.25) is 0 Å². The summed E-state index contributed by atoms with van der Waals surface area (Å²) < 4.78 is 39.5. The summed E-state index contributed by atoms with van der Waals surface area (Å²) in [5, 5.41) is 3.25. The van der Waals surface area contributed by atoms with E-state index in [1.807, 2.05) is 0 Å². The molecule has 1 saturated heterocycles. The largest absolute Gasteiger partial charge is 0.416 e. The number of alkyl halides is 3. The minimum absolute atomic E-state index is 0. The highest BCUT2D eigenvalue weighted by Crippen LogP contribution is 2.36. The van der Waals surface area contributed by atoms with E-state index in [4.69, 9.17) is 0 Å². The lowest BCUT2D eigenvalue weighted by atomic mass is 9.99. The number of benzene rings is 1. The van der Waals surface area contributed by atoms with Gasteiger partial charge in [-0.2, -0.15) is 13.2 Å². The Hall–Kier alpha value is -0.560. The van der Waals surface area contributed by atoms with E-state index in [9.17, 15) is 13.2 Å². The Morgan fingerprint density at radius 3 is 2.50 bits per heavy atom. The smallest absolute Gasteiger partial charge is 0.314 e. The van der Waals surface area contributed by atoms with Crippen molar-refractivity contribution in [3.05, 3.63) is 46.5 Å². The first kappa shape index (κ1) is 19.5. The third kappa shape index (κ3) is 4.72. The van der Waals surface area contributed by atoms with E-state index in [-0.39, 0.29) is 18.4 Å². The highest BCUT2D eigenvalue weighted by molar-refractivity contribution is 9.10. The molecule has 7 heteroatoms. The fourth-order valence-corrected chi connectivity index (χ4v) is 3.11. The van der Waals surface area contributed by atoms with Crippen molar-refractivity contribution in [1.82, 2.24) is 10.2 Å². The lowest BCUT2D eigenvalue weighted by Gasteiger charge is -2.35. The van der Waals surface area contributed by atoms with Crippen LogP contribution in [-0.4, -0.2) is 31.1 Å². The zero-order valence-corrected chi connectivity index (χ0v) is 14.4. The zero-order chi connectivity index (χ0) is 15.5. The molecule has 22 heavy (non-hydrogen) atoms. The van der Waals surface area contributed by atoms with Crippen LogP contribution in [0, 0.1) is 0 Å². The second-order valence-corrected chi connectivity index (χ2v) is 5.91. The van der Waals surface area contributed by atoms with Crippen molar-refractivity contribution < 1.29 is 13.2 Å². The van der Waals surface area contributed by atoms with E-state index >= 15 is 0 Å². The standard InChI is InChI=1S/C15H18BrF3N2.ClH/c1-2-3-14(21-8-6-20-7-9-21)12-10-11(15(17,18)19)4-5-13(12)16;/h2,4-5,10,14,20H,1,3,6-9H2;1H/t14-;/m1./s1. The quantitative estimate of drug-likeness (QED) is 0.754. The number of piperazine rings is 1. The van der Waals surface area contributed by atoms with Gasteiger partial charge in [-0.3, -0.25) is 4.90 Å². The zero-order valence-electron chi connectivity index (χ0n) is 12.0. The van der Waals surface area contributed by atoms with Crippen molar-refractivity contribution in [2.45, 2.75) is 18.6 Å². The van der Waals surface area contributed by atoms with Gasteiger partial charge >= 0.3 is 6.18 Å². The molecule has 0 bridgehead atoms. The third-order valence-corrected chi connectivity index (χ3v) is 4.39. The minimum Gasteiger partial charge on any atom is -0.314 e. The van der Waals surface area contributed by atoms with Gasteiger partial charge in [0.25, 0.3) is 0 Å². The molecule has 1 aliphatic heterocycles. The van der Waals surface area contributed by atoms with Crippen LogP contribution >= 0.6 is 28.3 Å². The number of hydrogen-bond acceptors (Lipinski definition) is 2. The minimum atomic E-state index is -4.32. The van der Waals surface area contributed by atoms with E-state index in [0.717, 1.165) is 32.2 Å². The molecule has 1 aromatic rings. The van der Waals surface area contributed by atoms with Crippen molar-refractivity contribution in [2.75, 3.05) is 26.2 Å². The normalized spacial score (nSPS) is 17.6. The molecule has 0 radical (unpaired) electrons. The van der Waals surface area contributed by atoms with Crippen LogP contribution in [0.1, 0.15) is 23.6 Å². The number of nitrogens with one attached hydrogen (secondary N) is 1. The van der Waals surface area contributed by atoms with Crippen LogP contribution in [0.2, 0.25) is 0 Å². The molecule has 1 atom stereocenters. The Kier molecular flexibility index (Phi) is 7.38. The van der Waals surface area contributed by atoms with E-state index in [1.165, 1.54) is 12.1 Å². The van der Waals surface area contributed by atoms with Crippen molar-refractivity contribution >= 4 is 28.3 Å². The molecule has 2 nitrogen and oxygen atoms in total. The van der Waals surface area contributed by atoms with Crippen molar-refractivity contribution in [2.24, 2.45) is 0 Å². The average Bonchev–Trinajstić information content (AvgIpc) is 2.45. The fraction of sp³-hybridized carbons (Fsp3) is 0.467. The first-order valence-electron chi connectivity index (χ1n) is 6.86. The van der Waals surface area contributed by atoms with Gasteiger partial charge in [0.1, 0.15) is 0 Å². The molecule has 0 saturated carbocycles. The van der Waals surface area contributed by atoms with Crippen molar-refractivity contribution in [3.63, 3.8) is 0 Å². The summed E-state index contributed by atoms with van der Waals surface area (Å²) in [6, 6.07) is 3.76. The monoisotopic (exact) mass is 398 g/mol. The van der Waals surface area contributed by atoms with E-state index in [1.54, 1.807) is 6.08 Å². The van der Waals surface area contributed by atoms with Gasteiger partial charge in [-0.1, -0.05) is 22.0 Å². The van der Waals surface area contributed by atoms with Gasteiger partial charge in [0, 0.05) is 36.7 Å². The number of hydrogen-bond donors (Lipinski definition) is 1. The van der Waals surface area contributed by atoms with E-state index in [2.05, 4.69) is 32.7 Å². The first-order valence-corrected chi connectivity index (χ1v) is 7.65. The second-order valence-electron chi connectivity index (χ2n) is 5.06. The topological polar surface area (TPSA) is 15.3 Å². The first-order chi connectivity index (χ1) is 9.93. The molecule has 0 aliphatic carbocycles. The van der Waals surface area contributed by atoms with Gasteiger partial charge in [-0.05, 0) is 30.2 Å². The van der Waals surface area contributed by atoms with Crippen LogP contribution in [0.3, 0.4) is 0 Å². The highest BCUT2D eigenvalue weighted by Gasteiger charge is 2.32. The van der Waals surface area contributed by atoms with Gasteiger partial charge < -0.3 is 5.32 Å². The molecular weight excluding hydrogens is 381 g/mol. The Balaban J connectivity index is 0.00000242. The number of rotatable bonds is 4. The molecule has 1 heterocycles. The molecule has 1 aromatic carbocycles. The summed E-state index contributed by atoms with van der Waals surface area (Å²) in [4.78, 5) is 2.21. The van der Waals surface area contributed by atoms with Gasteiger partial charge in [-0.15, -0.1) is 19.0 Å². The second kappa shape index (κ2) is 8.34. The Bertz CT molecular complexity index is 502. The Morgan fingerprint density at radius 1 is 1.32 bits per heavy atom. The molecule has 1 aliphatic rings. The van der Waals surface area contributed by atoms with Crippen LogP contribution < -0.4 is 5.32 Å². The SMILES string of the molecule is C=CC[C@H](c1cc(C(F)(F)F)ccc1Br)N1CCNCC1.Cl. The summed E-state index contributed by atoms with van der Waals surface area (Å²) >= 11 is 3.39. The predicted octanol–water partition coefficient (Wildman–Crippen LogP) is 4.41. The third-order valence-electron chi connectivity index (χ3n) is 3.66. The van der Waals surface area contributed by atoms with Crippen LogP contribution in [0.15, 0.2) is 35.3 Å². The van der Waals surface area contributed by atoms with Crippen molar-refractivity contribution in [1.29, 1.82) is 0 Å². The van der Waals surface area contributed by atoms with E-state index < -0.39 is 11.7 Å². The summed E-state index contributed by atoms with van der Waals surface area (Å²) in [6.07, 6.45) is -1.93. The Labute approximate surface area is 143 Å². The predicted molar refractivity (Wildman–Crippen MR) is 88.4 cm³/mol. The highest BCUT2D eigenvalue weighted by atomic mass is 79.9. The maximum absolute atomic E-state index is 12.9. The summed E-state index contributed by atoms with van der Waals surface area (Å²) in [5.74, 6) is 0. The molecular formula is C15H19BrClF3N2. The van der Waals surface area contributed by atoms with Crippen LogP contribution in [0.25, 0.3) is 0 Å². The van der Waals surface area contributed by atoms with E-state index in [0.29, 0.717) is 16.5 Å². The van der Waals surface area contributed by atoms with Crippen LogP contribution in [0.5, 0.6) is 0 Å². The van der Waals surface area contributed by atoms with Gasteiger partial charge in [0.15, 0.2) is 0 Å². The number of halogens is 5. The van der Waals surface area contributed by atoms with Crippen LogP contribution in [0.4, 0.5) is 13.2 Å². The molecule has 0 unspecified atom stereocenters. The average molecular weight is 400 g/mol. The van der Waals surface area contributed by atoms with Crippen molar-refractivity contribution in [3.8, 4) is 0 Å². The van der Waals surface area contributed by atoms with Gasteiger partial charge in [-0.25, -0.2) is 0 Å². The summed E-state index contributed by atoms with van der Waals surface area (Å²) in [5.41, 5.74) is 0.0662. The molecule has 2 rings (SSSR count). The molecule has 0 spiro atoms. The lowest BCUT2D eigenvalue weighted by Crippen LogP contribution is -2.45. The van der Waals surface area contributed by atoms with Gasteiger partial charge in [0.05, 0.1) is 5.56 Å². The summed E-state index contributed by atoms with van der Waals surface area (Å²) in [6.45, 7) is 7.09. The molecule has 124 valence electrons. The number of nitrogens with zero attached hydrogens (tertiary/aromatic N) is 1. The summed E-state index contributed by atoms with van der Waals surface area (Å²) in [7, 11) is 0. The molecule has 1 N–H and O–H groups in total.